The van der Waals surface area contributed by atoms with Crippen LogP contribution < -0.4 is 5.32 Å². The normalized spacial score (nSPS) is 25.6. The fraction of sp³-hybridized carbons (Fsp3) is 0.714. The van der Waals surface area contributed by atoms with Gasteiger partial charge >= 0.3 is 0 Å². The summed E-state index contributed by atoms with van der Waals surface area (Å²) in [4.78, 5) is 5.57. The third kappa shape index (κ3) is 3.54. The molecule has 0 aromatic carbocycles. The van der Waals surface area contributed by atoms with E-state index in [9.17, 15) is 0 Å². The summed E-state index contributed by atoms with van der Waals surface area (Å²) in [5.74, 6) is 1.72. The Morgan fingerprint density at radius 3 is 2.53 bits per heavy atom. The minimum Gasteiger partial charge on any atom is -0.312 e. The quantitative estimate of drug-likeness (QED) is 0.867. The zero-order chi connectivity index (χ0) is 12.3. The van der Waals surface area contributed by atoms with E-state index in [2.05, 4.69) is 43.1 Å². The van der Waals surface area contributed by atoms with Crippen LogP contribution in [0.15, 0.2) is 12.1 Å². The predicted molar refractivity (Wildman–Crippen MR) is 75.3 cm³/mol. The first kappa shape index (κ1) is 13.1. The van der Waals surface area contributed by atoms with E-state index >= 15 is 0 Å². The molecule has 2 unspecified atom stereocenters. The van der Waals surface area contributed by atoms with Gasteiger partial charge in [0.25, 0.3) is 0 Å². The maximum atomic E-state index is 3.38. The largest absolute Gasteiger partial charge is 0.312 e. The van der Waals surface area contributed by atoms with Crippen LogP contribution in [-0.2, 0) is 13.1 Å². The Kier molecular flexibility index (Phi) is 4.60. The Labute approximate surface area is 109 Å². The molecule has 0 spiro atoms. The molecule has 1 N–H and O–H groups in total. The summed E-state index contributed by atoms with van der Waals surface area (Å²) in [5.41, 5.74) is 0. The van der Waals surface area contributed by atoms with Crippen molar-refractivity contribution in [3.05, 3.63) is 21.9 Å². The molecule has 0 radical (unpaired) electrons. The number of hydrogen-bond donors (Lipinski definition) is 1. The van der Waals surface area contributed by atoms with Crippen molar-refractivity contribution in [3.63, 3.8) is 0 Å². The Bertz CT molecular complexity index is 338. The van der Waals surface area contributed by atoms with Crippen molar-refractivity contribution in [2.45, 2.75) is 33.9 Å². The van der Waals surface area contributed by atoms with Gasteiger partial charge in [-0.15, -0.1) is 11.3 Å². The van der Waals surface area contributed by atoms with Crippen molar-refractivity contribution in [2.24, 2.45) is 11.8 Å². The van der Waals surface area contributed by atoms with Gasteiger partial charge in [0.2, 0.25) is 0 Å². The van der Waals surface area contributed by atoms with Gasteiger partial charge < -0.3 is 5.32 Å². The third-order valence-corrected chi connectivity index (χ3v) is 4.78. The predicted octanol–water partition coefficient (Wildman–Crippen LogP) is 2.95. The molecule has 0 aliphatic carbocycles. The molecule has 0 amide bonds. The molecule has 1 fully saturated rings. The van der Waals surface area contributed by atoms with Crippen molar-refractivity contribution >= 4 is 11.3 Å². The van der Waals surface area contributed by atoms with E-state index < -0.39 is 0 Å². The minimum absolute atomic E-state index is 0.858. The van der Waals surface area contributed by atoms with Crippen molar-refractivity contribution in [3.8, 4) is 0 Å². The number of nitrogens with one attached hydrogen (secondary N) is 1. The highest BCUT2D eigenvalue weighted by Gasteiger charge is 2.25. The fourth-order valence-corrected chi connectivity index (χ4v) is 3.48. The van der Waals surface area contributed by atoms with E-state index in [1.807, 2.05) is 11.3 Å². The molecule has 3 heteroatoms. The maximum Gasteiger partial charge on any atom is 0.0328 e. The smallest absolute Gasteiger partial charge is 0.0328 e. The first-order valence-corrected chi connectivity index (χ1v) is 7.51. The second-order valence-corrected chi connectivity index (χ2v) is 6.55. The molecule has 17 heavy (non-hydrogen) atoms. The second-order valence-electron chi connectivity index (χ2n) is 5.30. The van der Waals surface area contributed by atoms with Gasteiger partial charge in [0, 0.05) is 35.9 Å². The van der Waals surface area contributed by atoms with Gasteiger partial charge in [0.05, 0.1) is 0 Å². The van der Waals surface area contributed by atoms with Crippen LogP contribution in [-0.4, -0.2) is 24.5 Å². The van der Waals surface area contributed by atoms with Crippen LogP contribution in [0.1, 0.15) is 30.5 Å². The lowest BCUT2D eigenvalue weighted by molar-refractivity contribution is 0.319. The molecule has 1 saturated heterocycles. The zero-order valence-electron chi connectivity index (χ0n) is 11.2. The Morgan fingerprint density at radius 2 is 1.88 bits per heavy atom. The van der Waals surface area contributed by atoms with Crippen LogP contribution in [0.25, 0.3) is 0 Å². The maximum absolute atomic E-state index is 3.38. The molecule has 1 aromatic rings. The summed E-state index contributed by atoms with van der Waals surface area (Å²) in [6.45, 7) is 12.6. The summed E-state index contributed by atoms with van der Waals surface area (Å²) in [5, 5.41) is 3.38. The van der Waals surface area contributed by atoms with Gasteiger partial charge in [-0.25, -0.2) is 0 Å². The zero-order valence-corrected chi connectivity index (χ0v) is 12.0. The van der Waals surface area contributed by atoms with E-state index in [0.29, 0.717) is 0 Å². The van der Waals surface area contributed by atoms with E-state index in [4.69, 9.17) is 0 Å². The third-order valence-electron chi connectivity index (χ3n) is 3.71. The van der Waals surface area contributed by atoms with Crippen LogP contribution in [0.3, 0.4) is 0 Å². The minimum atomic E-state index is 0.858. The van der Waals surface area contributed by atoms with Crippen LogP contribution >= 0.6 is 11.3 Å². The standard InChI is InChI=1S/C14H24N2S/c1-4-15-7-13-5-6-14(17-13)10-16-8-11(2)12(3)9-16/h5-6,11-12,15H,4,7-10H2,1-3H3. The molecule has 2 nitrogen and oxygen atoms in total. The molecule has 2 heterocycles. The summed E-state index contributed by atoms with van der Waals surface area (Å²) in [7, 11) is 0. The molecular weight excluding hydrogens is 228 g/mol. The summed E-state index contributed by atoms with van der Waals surface area (Å²) < 4.78 is 0. The van der Waals surface area contributed by atoms with Crippen LogP contribution in [0.2, 0.25) is 0 Å². The molecule has 1 aromatic heterocycles. The summed E-state index contributed by atoms with van der Waals surface area (Å²) >= 11 is 1.96. The Hall–Kier alpha value is -0.380. The molecular formula is C14H24N2S. The Balaban J connectivity index is 1.85. The average molecular weight is 252 g/mol. The van der Waals surface area contributed by atoms with Crippen LogP contribution in [0.5, 0.6) is 0 Å². The number of nitrogens with zero attached hydrogens (tertiary/aromatic N) is 1. The van der Waals surface area contributed by atoms with Crippen molar-refractivity contribution < 1.29 is 0 Å². The van der Waals surface area contributed by atoms with E-state index in [-0.39, 0.29) is 0 Å². The lowest BCUT2D eigenvalue weighted by atomic mass is 10.0. The second kappa shape index (κ2) is 5.98. The monoisotopic (exact) mass is 252 g/mol. The van der Waals surface area contributed by atoms with Gasteiger partial charge in [-0.3, -0.25) is 4.90 Å². The highest BCUT2D eigenvalue weighted by Crippen LogP contribution is 2.25. The first-order valence-electron chi connectivity index (χ1n) is 6.69. The fourth-order valence-electron chi connectivity index (χ4n) is 2.45. The SMILES string of the molecule is CCNCc1ccc(CN2CC(C)C(C)C2)s1. The summed E-state index contributed by atoms with van der Waals surface area (Å²) in [6, 6.07) is 4.57. The average Bonchev–Trinajstić information content (AvgIpc) is 2.85. The van der Waals surface area contributed by atoms with Crippen molar-refractivity contribution in [2.75, 3.05) is 19.6 Å². The van der Waals surface area contributed by atoms with E-state index in [1.54, 1.807) is 0 Å². The Morgan fingerprint density at radius 1 is 1.24 bits per heavy atom. The van der Waals surface area contributed by atoms with Crippen molar-refractivity contribution in [1.29, 1.82) is 0 Å². The van der Waals surface area contributed by atoms with E-state index in [1.165, 1.54) is 22.8 Å². The topological polar surface area (TPSA) is 15.3 Å². The van der Waals surface area contributed by atoms with Crippen molar-refractivity contribution in [1.82, 2.24) is 10.2 Å². The lowest BCUT2D eigenvalue weighted by Gasteiger charge is -2.13. The molecule has 1 aliphatic rings. The van der Waals surface area contributed by atoms with Gasteiger partial charge in [0.1, 0.15) is 0 Å². The van der Waals surface area contributed by atoms with Gasteiger partial charge in [-0.2, -0.15) is 0 Å². The van der Waals surface area contributed by atoms with Gasteiger partial charge in [-0.1, -0.05) is 20.8 Å². The van der Waals surface area contributed by atoms with Crippen LogP contribution in [0, 0.1) is 11.8 Å². The van der Waals surface area contributed by atoms with Gasteiger partial charge in [0.15, 0.2) is 0 Å². The van der Waals surface area contributed by atoms with Gasteiger partial charge in [-0.05, 0) is 30.5 Å². The first-order chi connectivity index (χ1) is 8.19. The molecule has 2 rings (SSSR count). The number of likely N-dealkylation sites (tertiary alicyclic amines) is 1. The molecule has 96 valence electrons. The summed E-state index contributed by atoms with van der Waals surface area (Å²) in [6.07, 6.45) is 0. The van der Waals surface area contributed by atoms with E-state index in [0.717, 1.165) is 31.5 Å². The van der Waals surface area contributed by atoms with Crippen LogP contribution in [0.4, 0.5) is 0 Å². The number of hydrogen-bond acceptors (Lipinski definition) is 3. The molecule has 0 saturated carbocycles. The molecule has 0 bridgehead atoms. The number of thiophene rings is 1. The lowest BCUT2D eigenvalue weighted by Crippen LogP contribution is -2.19. The highest BCUT2D eigenvalue weighted by atomic mass is 32.1. The highest BCUT2D eigenvalue weighted by molar-refractivity contribution is 7.11. The molecule has 1 aliphatic heterocycles. The number of rotatable bonds is 5. The molecule has 2 atom stereocenters.